The number of rotatable bonds is 2. The van der Waals surface area contributed by atoms with E-state index in [-0.39, 0.29) is 0 Å². The van der Waals surface area contributed by atoms with E-state index in [1.54, 1.807) is 0 Å². The Labute approximate surface area is 84.5 Å². The van der Waals surface area contributed by atoms with Crippen LogP contribution in [0.15, 0.2) is 30.3 Å². The van der Waals surface area contributed by atoms with Crippen LogP contribution < -0.4 is 4.52 Å². The first-order valence-electron chi connectivity index (χ1n) is 3.92. The normalized spacial score (nSPS) is 20.0. The van der Waals surface area contributed by atoms with Crippen molar-refractivity contribution >= 4 is 21.3 Å². The summed E-state index contributed by atoms with van der Waals surface area (Å²) in [7, 11) is 0. The fourth-order valence-corrected chi connectivity index (χ4v) is 3.63. The van der Waals surface area contributed by atoms with E-state index in [1.807, 2.05) is 30.3 Å². The van der Waals surface area contributed by atoms with E-state index in [4.69, 9.17) is 13.6 Å². The van der Waals surface area contributed by atoms with Crippen molar-refractivity contribution in [2.24, 2.45) is 0 Å². The molecular formula is C8H9O3PSe. The third kappa shape index (κ3) is 2.43. The topological polar surface area (TPSA) is 27.7 Å². The average molecular weight is 263 g/mol. The number of hydrogen-bond donors (Lipinski definition) is 0. The van der Waals surface area contributed by atoms with Crippen LogP contribution in [0.2, 0.25) is 0 Å². The molecule has 3 nitrogen and oxygen atoms in total. The Morgan fingerprint density at radius 1 is 1.15 bits per heavy atom. The molecule has 1 aromatic carbocycles. The first-order chi connectivity index (χ1) is 6.29. The van der Waals surface area contributed by atoms with E-state index in [9.17, 15) is 0 Å². The molecule has 0 aliphatic carbocycles. The second-order valence-electron chi connectivity index (χ2n) is 2.52. The van der Waals surface area contributed by atoms with Crippen LogP contribution in [0.4, 0.5) is 0 Å². The molecule has 0 radical (unpaired) electrons. The summed E-state index contributed by atoms with van der Waals surface area (Å²) in [6, 6.07) is 9.52. The Morgan fingerprint density at radius 3 is 2.38 bits per heavy atom. The summed E-state index contributed by atoms with van der Waals surface area (Å²) in [4.78, 5) is 0. The van der Waals surface area contributed by atoms with Gasteiger partial charge in [-0.2, -0.15) is 0 Å². The van der Waals surface area contributed by atoms with Crippen molar-refractivity contribution in [1.82, 2.24) is 0 Å². The monoisotopic (exact) mass is 264 g/mol. The molecule has 1 aliphatic heterocycles. The van der Waals surface area contributed by atoms with Gasteiger partial charge in [-0.15, -0.1) is 0 Å². The molecule has 1 heterocycles. The van der Waals surface area contributed by atoms with Gasteiger partial charge in [0.15, 0.2) is 0 Å². The molecule has 13 heavy (non-hydrogen) atoms. The van der Waals surface area contributed by atoms with Crippen molar-refractivity contribution < 1.29 is 13.6 Å². The Balaban J connectivity index is 2.10. The van der Waals surface area contributed by atoms with Crippen LogP contribution in [-0.4, -0.2) is 28.3 Å². The molecule has 5 heteroatoms. The van der Waals surface area contributed by atoms with Gasteiger partial charge in [-0.05, 0) is 0 Å². The first kappa shape index (κ1) is 9.44. The molecule has 1 aliphatic rings. The third-order valence-electron chi connectivity index (χ3n) is 1.54. The summed E-state index contributed by atoms with van der Waals surface area (Å²) in [5.74, 6) is 0.775. The van der Waals surface area contributed by atoms with E-state index in [0.29, 0.717) is 13.2 Å². The van der Waals surface area contributed by atoms with Crippen LogP contribution in [0.1, 0.15) is 0 Å². The quantitative estimate of drug-likeness (QED) is 0.603. The molecule has 0 atom stereocenters. The predicted octanol–water partition coefficient (Wildman–Crippen LogP) is 1.96. The Kier molecular flexibility index (Phi) is 2.87. The predicted molar refractivity (Wildman–Crippen MR) is 51.6 cm³/mol. The molecule has 0 N–H and O–H groups in total. The van der Waals surface area contributed by atoms with Gasteiger partial charge in [0.25, 0.3) is 0 Å². The zero-order valence-corrected chi connectivity index (χ0v) is 9.49. The molecule has 0 unspecified atom stereocenters. The van der Waals surface area contributed by atoms with Crippen LogP contribution in [0, 0.1) is 0 Å². The Morgan fingerprint density at radius 2 is 1.77 bits per heavy atom. The van der Waals surface area contributed by atoms with Crippen LogP contribution in [0.3, 0.4) is 0 Å². The summed E-state index contributed by atoms with van der Waals surface area (Å²) < 4.78 is 16.3. The molecule has 70 valence electrons. The minimum absolute atomic E-state index is 0.605. The second-order valence-corrected chi connectivity index (χ2v) is 6.93. The standard InChI is InChI=1S/C8H9O3PSe/c13-12(9-6-7-10-12)11-8-4-2-1-3-5-8/h1-5H,6-7H2. The summed E-state index contributed by atoms with van der Waals surface area (Å²) in [6.45, 7) is 1.21. The SMILES string of the molecule is [Se]=P1(Oc2ccccc2)OCCO1. The van der Waals surface area contributed by atoms with Crippen LogP contribution in [-0.2, 0) is 9.05 Å². The molecule has 0 spiro atoms. The van der Waals surface area contributed by atoms with Gasteiger partial charge >= 0.3 is 84.2 Å². The Hall–Kier alpha value is -0.111. The fraction of sp³-hybridized carbons (Fsp3) is 0.250. The van der Waals surface area contributed by atoms with Crippen LogP contribution in [0.5, 0.6) is 5.75 Å². The van der Waals surface area contributed by atoms with Gasteiger partial charge in [0, 0.05) is 0 Å². The molecule has 0 bridgehead atoms. The summed E-state index contributed by atoms with van der Waals surface area (Å²) in [5, 5.41) is 0. The van der Waals surface area contributed by atoms with Crippen molar-refractivity contribution in [2.75, 3.05) is 13.2 Å². The number of hydrogen-bond acceptors (Lipinski definition) is 3. The van der Waals surface area contributed by atoms with Crippen molar-refractivity contribution in [2.45, 2.75) is 0 Å². The fourth-order valence-electron chi connectivity index (χ4n) is 0.999. The van der Waals surface area contributed by atoms with Crippen LogP contribution >= 0.6 is 6.19 Å². The Bertz CT molecular complexity index is 317. The summed E-state index contributed by atoms with van der Waals surface area (Å²) in [5.41, 5.74) is 0. The molecule has 0 saturated carbocycles. The van der Waals surface area contributed by atoms with Gasteiger partial charge in [-0.1, -0.05) is 0 Å². The average Bonchev–Trinajstić information content (AvgIpc) is 2.54. The second kappa shape index (κ2) is 3.95. The van der Waals surface area contributed by atoms with E-state index in [0.717, 1.165) is 5.75 Å². The van der Waals surface area contributed by atoms with E-state index >= 15 is 0 Å². The van der Waals surface area contributed by atoms with Crippen molar-refractivity contribution in [1.29, 1.82) is 0 Å². The van der Waals surface area contributed by atoms with Crippen molar-refractivity contribution in [3.8, 4) is 5.75 Å². The zero-order chi connectivity index (χ0) is 9.15. The summed E-state index contributed by atoms with van der Waals surface area (Å²) in [6.07, 6.45) is -2.17. The van der Waals surface area contributed by atoms with Crippen LogP contribution in [0.25, 0.3) is 0 Å². The van der Waals surface area contributed by atoms with Gasteiger partial charge in [-0.3, -0.25) is 0 Å². The molecule has 0 amide bonds. The van der Waals surface area contributed by atoms with E-state index in [2.05, 4.69) is 15.1 Å². The molecule has 1 fully saturated rings. The zero-order valence-electron chi connectivity index (χ0n) is 6.88. The maximum absolute atomic E-state index is 5.57. The first-order valence-corrected chi connectivity index (χ1v) is 7.68. The van der Waals surface area contributed by atoms with E-state index in [1.165, 1.54) is 0 Å². The maximum atomic E-state index is 5.57. The number of benzene rings is 1. The van der Waals surface area contributed by atoms with E-state index < -0.39 is 6.19 Å². The minimum atomic E-state index is -2.17. The molecule has 1 saturated heterocycles. The van der Waals surface area contributed by atoms with Gasteiger partial charge in [0.2, 0.25) is 0 Å². The van der Waals surface area contributed by atoms with Gasteiger partial charge < -0.3 is 0 Å². The van der Waals surface area contributed by atoms with Crippen molar-refractivity contribution in [3.05, 3.63) is 30.3 Å². The molecule has 0 aromatic heterocycles. The molecule has 2 rings (SSSR count). The van der Waals surface area contributed by atoms with Crippen molar-refractivity contribution in [3.63, 3.8) is 0 Å². The number of para-hydroxylation sites is 1. The summed E-state index contributed by atoms with van der Waals surface area (Å²) >= 11 is 2.85. The molecular weight excluding hydrogens is 254 g/mol. The van der Waals surface area contributed by atoms with Gasteiger partial charge in [0.05, 0.1) is 0 Å². The third-order valence-corrected chi connectivity index (χ3v) is 4.77. The van der Waals surface area contributed by atoms with Gasteiger partial charge in [0.1, 0.15) is 0 Å². The molecule has 1 aromatic rings. The van der Waals surface area contributed by atoms with Gasteiger partial charge in [-0.25, -0.2) is 0 Å².